The molecule has 0 aliphatic heterocycles. The van der Waals surface area contributed by atoms with E-state index in [4.69, 9.17) is 10.2 Å². The highest BCUT2D eigenvalue weighted by molar-refractivity contribution is 4.91. The molecule has 0 aromatic heterocycles. The molecule has 0 bridgehead atoms. The normalized spacial score (nSPS) is 12.9. The quantitative estimate of drug-likeness (QED) is 0.607. The predicted octanol–water partition coefficient (Wildman–Crippen LogP) is 2.69. The number of allylic oxidation sites excluding steroid dienone is 3. The molecule has 0 aliphatic carbocycles. The Morgan fingerprint density at radius 2 is 1.60 bits per heavy atom. The maximum atomic E-state index is 8.55. The Kier molecular flexibility index (Phi) is 14.5. The second-order valence-corrected chi connectivity index (χ2v) is 3.12. The lowest BCUT2D eigenvalue weighted by atomic mass is 9.99. The van der Waals surface area contributed by atoms with Crippen molar-refractivity contribution in [1.82, 2.24) is 0 Å². The highest BCUT2D eigenvalue weighted by Gasteiger charge is 1.99. The molecule has 0 aromatic carbocycles. The van der Waals surface area contributed by atoms with Gasteiger partial charge in [-0.05, 0) is 25.2 Å². The molecule has 0 heterocycles. The van der Waals surface area contributed by atoms with Gasteiger partial charge < -0.3 is 10.2 Å². The van der Waals surface area contributed by atoms with Gasteiger partial charge in [-0.15, -0.1) is 6.58 Å². The molecule has 1 atom stereocenters. The summed E-state index contributed by atoms with van der Waals surface area (Å²) in [6.45, 7) is 3.99. The van der Waals surface area contributed by atoms with Crippen LogP contribution >= 0.6 is 0 Å². The zero-order valence-corrected chi connectivity index (χ0v) is 8.60. The molecule has 0 rings (SSSR count). The average molecular weight is 212 g/mol. The summed E-state index contributed by atoms with van der Waals surface area (Å²) in [4.78, 5) is 0. The van der Waals surface area contributed by atoms with E-state index in [2.05, 4.69) is 6.58 Å². The molecule has 1 unspecified atom stereocenters. The fourth-order valence-corrected chi connectivity index (χ4v) is 1.18. The van der Waals surface area contributed by atoms with E-state index in [0.29, 0.717) is 5.92 Å². The predicted molar refractivity (Wildman–Crippen MR) is 66.7 cm³/mol. The first kappa shape index (κ1) is 16.6. The van der Waals surface area contributed by atoms with Crippen LogP contribution in [0.15, 0.2) is 37.0 Å². The van der Waals surface area contributed by atoms with E-state index < -0.39 is 0 Å². The first-order chi connectivity index (χ1) is 6.85. The SMILES string of the molecule is C.C=CC(C/C=C/CO)CC/C=C\CO. The fourth-order valence-electron chi connectivity index (χ4n) is 1.18. The Morgan fingerprint density at radius 3 is 2.13 bits per heavy atom. The Morgan fingerprint density at radius 1 is 1.00 bits per heavy atom. The lowest BCUT2D eigenvalue weighted by Crippen LogP contribution is -1.93. The van der Waals surface area contributed by atoms with E-state index >= 15 is 0 Å². The molecular weight excluding hydrogens is 188 g/mol. The van der Waals surface area contributed by atoms with Crippen LogP contribution in [0.2, 0.25) is 0 Å². The second-order valence-electron chi connectivity index (χ2n) is 3.12. The van der Waals surface area contributed by atoms with Gasteiger partial charge in [0.2, 0.25) is 0 Å². The van der Waals surface area contributed by atoms with Crippen LogP contribution < -0.4 is 0 Å². The molecule has 2 N–H and O–H groups in total. The third-order valence-corrected chi connectivity index (χ3v) is 2.02. The highest BCUT2D eigenvalue weighted by Crippen LogP contribution is 2.13. The van der Waals surface area contributed by atoms with Crippen molar-refractivity contribution in [3.8, 4) is 0 Å². The first-order valence-electron chi connectivity index (χ1n) is 4.99. The van der Waals surface area contributed by atoms with Crippen LogP contribution in [-0.4, -0.2) is 23.4 Å². The molecule has 2 heteroatoms. The van der Waals surface area contributed by atoms with Crippen LogP contribution in [0.4, 0.5) is 0 Å². The van der Waals surface area contributed by atoms with Crippen molar-refractivity contribution in [2.75, 3.05) is 13.2 Å². The Balaban J connectivity index is 0. The molecule has 15 heavy (non-hydrogen) atoms. The molecule has 0 saturated heterocycles. The minimum absolute atomic E-state index is 0. The van der Waals surface area contributed by atoms with Gasteiger partial charge in [-0.25, -0.2) is 0 Å². The minimum Gasteiger partial charge on any atom is -0.392 e. The van der Waals surface area contributed by atoms with Gasteiger partial charge in [0, 0.05) is 0 Å². The van der Waals surface area contributed by atoms with E-state index in [0.717, 1.165) is 19.3 Å². The molecule has 88 valence electrons. The number of rotatable bonds is 8. The van der Waals surface area contributed by atoms with Gasteiger partial charge in [-0.2, -0.15) is 0 Å². The lowest BCUT2D eigenvalue weighted by molar-refractivity contribution is 0.341. The summed E-state index contributed by atoms with van der Waals surface area (Å²) in [6, 6.07) is 0. The van der Waals surface area contributed by atoms with E-state index in [-0.39, 0.29) is 20.6 Å². The van der Waals surface area contributed by atoms with Crippen LogP contribution in [0.3, 0.4) is 0 Å². The Hall–Kier alpha value is -0.860. The third-order valence-electron chi connectivity index (χ3n) is 2.02. The van der Waals surface area contributed by atoms with Gasteiger partial charge in [0.25, 0.3) is 0 Å². The largest absolute Gasteiger partial charge is 0.392 e. The molecule has 2 nitrogen and oxygen atoms in total. The number of aliphatic hydroxyl groups excluding tert-OH is 2. The molecule has 0 fully saturated rings. The van der Waals surface area contributed by atoms with Crippen molar-refractivity contribution >= 4 is 0 Å². The van der Waals surface area contributed by atoms with Crippen LogP contribution in [0.5, 0.6) is 0 Å². The Labute approximate surface area is 93.6 Å². The van der Waals surface area contributed by atoms with Gasteiger partial charge in [0.1, 0.15) is 0 Å². The van der Waals surface area contributed by atoms with Crippen LogP contribution in [-0.2, 0) is 0 Å². The van der Waals surface area contributed by atoms with Gasteiger partial charge in [-0.1, -0.05) is 37.8 Å². The van der Waals surface area contributed by atoms with Crippen molar-refractivity contribution in [2.24, 2.45) is 5.92 Å². The van der Waals surface area contributed by atoms with Crippen molar-refractivity contribution in [3.05, 3.63) is 37.0 Å². The zero-order chi connectivity index (χ0) is 10.6. The maximum Gasteiger partial charge on any atom is 0.0612 e. The summed E-state index contributed by atoms with van der Waals surface area (Å²) in [5, 5.41) is 17.1. The first-order valence-corrected chi connectivity index (χ1v) is 4.99. The van der Waals surface area contributed by atoms with Crippen LogP contribution in [0.1, 0.15) is 26.7 Å². The Bertz CT molecular complexity index is 183. The second kappa shape index (κ2) is 13.1. The standard InChI is InChI=1S/C12H20O2.CH4/c1-2-12(9-5-7-11-14)8-4-3-6-10-13;/h2-3,5-7,12-14H,1,4,8-11H2;1H4/b6-3-,7-5+;. The fraction of sp³-hybridized carbons (Fsp3) is 0.538. The topological polar surface area (TPSA) is 40.5 Å². The monoisotopic (exact) mass is 212 g/mol. The van der Waals surface area contributed by atoms with Crippen molar-refractivity contribution < 1.29 is 10.2 Å². The number of aliphatic hydroxyl groups is 2. The van der Waals surface area contributed by atoms with Gasteiger partial charge in [0.05, 0.1) is 13.2 Å². The van der Waals surface area contributed by atoms with Crippen molar-refractivity contribution in [2.45, 2.75) is 26.7 Å². The third kappa shape index (κ3) is 11.1. The van der Waals surface area contributed by atoms with E-state index in [1.807, 2.05) is 18.2 Å². The van der Waals surface area contributed by atoms with Gasteiger partial charge in [-0.3, -0.25) is 0 Å². The summed E-state index contributed by atoms with van der Waals surface area (Å²) in [5.74, 6) is 0.459. The molecule has 0 spiro atoms. The highest BCUT2D eigenvalue weighted by atomic mass is 16.3. The summed E-state index contributed by atoms with van der Waals surface area (Å²) in [5.41, 5.74) is 0. The van der Waals surface area contributed by atoms with Crippen LogP contribution in [0.25, 0.3) is 0 Å². The molecule has 0 saturated carbocycles. The van der Waals surface area contributed by atoms with E-state index in [1.54, 1.807) is 12.2 Å². The summed E-state index contributed by atoms with van der Waals surface area (Å²) in [7, 11) is 0. The maximum absolute atomic E-state index is 8.55. The summed E-state index contributed by atoms with van der Waals surface area (Å²) < 4.78 is 0. The number of hydrogen-bond donors (Lipinski definition) is 2. The summed E-state index contributed by atoms with van der Waals surface area (Å²) in [6.07, 6.45) is 12.3. The molecule has 0 aliphatic rings. The summed E-state index contributed by atoms with van der Waals surface area (Å²) >= 11 is 0. The van der Waals surface area contributed by atoms with Gasteiger partial charge in [0.15, 0.2) is 0 Å². The van der Waals surface area contributed by atoms with Crippen molar-refractivity contribution in [1.29, 1.82) is 0 Å². The van der Waals surface area contributed by atoms with Gasteiger partial charge >= 0.3 is 0 Å². The molecular formula is C13H24O2. The van der Waals surface area contributed by atoms with E-state index in [9.17, 15) is 0 Å². The minimum atomic E-state index is 0. The molecule has 0 amide bonds. The lowest BCUT2D eigenvalue weighted by Gasteiger charge is -2.07. The van der Waals surface area contributed by atoms with Crippen molar-refractivity contribution in [3.63, 3.8) is 0 Å². The molecule has 0 radical (unpaired) electrons. The number of hydrogen-bond acceptors (Lipinski definition) is 2. The van der Waals surface area contributed by atoms with Crippen LogP contribution in [0, 0.1) is 5.92 Å². The zero-order valence-electron chi connectivity index (χ0n) is 8.60. The molecule has 0 aromatic rings. The van der Waals surface area contributed by atoms with E-state index in [1.165, 1.54) is 0 Å². The average Bonchev–Trinajstić information content (AvgIpc) is 2.22. The smallest absolute Gasteiger partial charge is 0.0612 e.